The van der Waals surface area contributed by atoms with Gasteiger partial charge in [-0.1, -0.05) is 0 Å². The highest BCUT2D eigenvalue weighted by Gasteiger charge is 2.24. The van der Waals surface area contributed by atoms with Crippen molar-refractivity contribution in [3.63, 3.8) is 0 Å². The third kappa shape index (κ3) is 2.18. The molecule has 1 aliphatic rings. The molecule has 2 aromatic heterocycles. The Morgan fingerprint density at radius 2 is 2.29 bits per heavy atom. The van der Waals surface area contributed by atoms with Gasteiger partial charge in [-0.3, -0.25) is 5.10 Å². The maximum atomic E-state index is 5.87. The fraction of sp³-hybridized carbons (Fsp3) is 0.444. The molecule has 0 unspecified atom stereocenters. The molecule has 0 radical (unpaired) electrons. The van der Waals surface area contributed by atoms with Gasteiger partial charge in [-0.05, 0) is 24.4 Å². The SMILES string of the molecule is COSc1n[nH]c2nc(Cl)nc(NC3CC3)c12. The minimum absolute atomic E-state index is 0.207. The smallest absolute Gasteiger partial charge is 0.226 e. The Kier molecular flexibility index (Phi) is 2.81. The number of halogens is 1. The van der Waals surface area contributed by atoms with Gasteiger partial charge < -0.3 is 9.50 Å². The molecule has 1 saturated carbocycles. The highest BCUT2D eigenvalue weighted by molar-refractivity contribution is 7.94. The number of nitrogens with one attached hydrogen (secondary N) is 2. The molecule has 6 nitrogen and oxygen atoms in total. The molecule has 1 aliphatic carbocycles. The van der Waals surface area contributed by atoms with E-state index in [4.69, 9.17) is 15.8 Å². The van der Waals surface area contributed by atoms with Crippen molar-refractivity contribution in [3.05, 3.63) is 5.28 Å². The highest BCUT2D eigenvalue weighted by Crippen LogP contribution is 2.33. The fourth-order valence-corrected chi connectivity index (χ4v) is 2.23. The standard InChI is InChI=1S/C9H10ClN5OS/c1-16-17-8-5-6(11-4-2-3-4)12-9(10)13-7(5)14-15-8/h4H,2-3H2,1H3,(H2,11,12,13,14,15). The van der Waals surface area contributed by atoms with E-state index in [1.807, 2.05) is 0 Å². The zero-order chi connectivity index (χ0) is 11.8. The summed E-state index contributed by atoms with van der Waals surface area (Å²) >= 11 is 7.04. The van der Waals surface area contributed by atoms with Crippen LogP contribution in [0, 0.1) is 0 Å². The molecule has 0 aromatic carbocycles. The molecule has 1 fully saturated rings. The number of nitrogens with zero attached hydrogens (tertiary/aromatic N) is 3. The zero-order valence-electron chi connectivity index (χ0n) is 9.03. The summed E-state index contributed by atoms with van der Waals surface area (Å²) in [5.41, 5.74) is 0.618. The Hall–Kier alpha value is -1.05. The Morgan fingerprint density at radius 3 is 3.00 bits per heavy atom. The molecular formula is C9H10ClN5OS. The zero-order valence-corrected chi connectivity index (χ0v) is 10.6. The largest absolute Gasteiger partial charge is 0.367 e. The maximum Gasteiger partial charge on any atom is 0.226 e. The monoisotopic (exact) mass is 271 g/mol. The van der Waals surface area contributed by atoms with E-state index in [0.29, 0.717) is 16.7 Å². The van der Waals surface area contributed by atoms with Gasteiger partial charge in [-0.2, -0.15) is 15.1 Å². The number of rotatable bonds is 4. The van der Waals surface area contributed by atoms with Crippen molar-refractivity contribution < 1.29 is 4.18 Å². The van der Waals surface area contributed by atoms with Crippen LogP contribution in [0.25, 0.3) is 11.0 Å². The number of hydrogen-bond acceptors (Lipinski definition) is 6. The minimum Gasteiger partial charge on any atom is -0.367 e. The minimum atomic E-state index is 0.207. The Bertz CT molecular complexity index is 556. The predicted molar refractivity (Wildman–Crippen MR) is 66.2 cm³/mol. The van der Waals surface area contributed by atoms with Gasteiger partial charge in [0.2, 0.25) is 5.28 Å². The summed E-state index contributed by atoms with van der Waals surface area (Å²) in [6.45, 7) is 0. The van der Waals surface area contributed by atoms with E-state index in [1.54, 1.807) is 7.11 Å². The summed E-state index contributed by atoms with van der Waals surface area (Å²) in [5, 5.41) is 12.0. The molecular weight excluding hydrogens is 262 g/mol. The Morgan fingerprint density at radius 1 is 1.47 bits per heavy atom. The first-order valence-electron chi connectivity index (χ1n) is 5.16. The third-order valence-electron chi connectivity index (χ3n) is 2.44. The molecule has 2 heterocycles. The molecule has 2 N–H and O–H groups in total. The van der Waals surface area contributed by atoms with E-state index in [9.17, 15) is 0 Å². The molecule has 0 amide bonds. The summed E-state index contributed by atoms with van der Waals surface area (Å²) in [4.78, 5) is 8.31. The van der Waals surface area contributed by atoms with Gasteiger partial charge in [0.1, 0.15) is 5.82 Å². The third-order valence-corrected chi connectivity index (χ3v) is 3.23. The van der Waals surface area contributed by atoms with E-state index in [2.05, 4.69) is 25.5 Å². The molecule has 0 spiro atoms. The fourth-order valence-electron chi connectivity index (χ4n) is 1.54. The number of aromatic amines is 1. The van der Waals surface area contributed by atoms with E-state index in [-0.39, 0.29) is 5.28 Å². The van der Waals surface area contributed by atoms with Crippen molar-refractivity contribution in [2.24, 2.45) is 0 Å². The second-order valence-corrected chi connectivity index (χ2v) is 4.99. The van der Waals surface area contributed by atoms with Crippen molar-refractivity contribution in [1.29, 1.82) is 0 Å². The Balaban J connectivity index is 2.10. The lowest BCUT2D eigenvalue weighted by atomic mass is 10.4. The van der Waals surface area contributed by atoms with Gasteiger partial charge in [0.25, 0.3) is 0 Å². The summed E-state index contributed by atoms with van der Waals surface area (Å²) in [6.07, 6.45) is 2.32. The number of hydrogen-bond donors (Lipinski definition) is 2. The van der Waals surface area contributed by atoms with Crippen molar-refractivity contribution in [1.82, 2.24) is 20.2 Å². The first-order valence-corrected chi connectivity index (χ1v) is 6.28. The highest BCUT2D eigenvalue weighted by atomic mass is 35.5. The molecule has 0 saturated heterocycles. The van der Waals surface area contributed by atoms with Gasteiger partial charge >= 0.3 is 0 Å². The van der Waals surface area contributed by atoms with Crippen LogP contribution in [-0.2, 0) is 4.18 Å². The molecule has 90 valence electrons. The molecule has 17 heavy (non-hydrogen) atoms. The van der Waals surface area contributed by atoms with Crippen molar-refractivity contribution >= 4 is 40.5 Å². The maximum absolute atomic E-state index is 5.87. The first kappa shape index (κ1) is 11.1. The average Bonchev–Trinajstić information content (AvgIpc) is 3.00. The van der Waals surface area contributed by atoms with Crippen molar-refractivity contribution in [3.8, 4) is 0 Å². The van der Waals surface area contributed by atoms with Crippen LogP contribution in [0.3, 0.4) is 0 Å². The van der Waals surface area contributed by atoms with Crippen LogP contribution < -0.4 is 5.32 Å². The van der Waals surface area contributed by atoms with E-state index in [1.165, 1.54) is 12.0 Å². The summed E-state index contributed by atoms with van der Waals surface area (Å²) in [6, 6.07) is 0.486. The predicted octanol–water partition coefficient (Wildman–Crippen LogP) is 2.23. The van der Waals surface area contributed by atoms with E-state index in [0.717, 1.165) is 24.0 Å². The normalized spacial score (nSPS) is 15.4. The molecule has 0 atom stereocenters. The molecule has 2 aromatic rings. The number of fused-ring (bicyclic) bond motifs is 1. The number of H-pyrrole nitrogens is 1. The molecule has 0 bridgehead atoms. The van der Waals surface area contributed by atoms with E-state index >= 15 is 0 Å². The summed E-state index contributed by atoms with van der Waals surface area (Å²) in [5.74, 6) is 0.718. The van der Waals surface area contributed by atoms with Gasteiger partial charge in [-0.15, -0.1) is 0 Å². The topological polar surface area (TPSA) is 75.7 Å². The van der Waals surface area contributed by atoms with Crippen LogP contribution in [0.2, 0.25) is 5.28 Å². The van der Waals surface area contributed by atoms with Crippen LogP contribution in [0.4, 0.5) is 5.82 Å². The summed E-state index contributed by atoms with van der Waals surface area (Å²) in [7, 11) is 1.59. The molecule has 3 rings (SSSR count). The summed E-state index contributed by atoms with van der Waals surface area (Å²) < 4.78 is 5.02. The second-order valence-electron chi connectivity index (χ2n) is 3.76. The van der Waals surface area contributed by atoms with Crippen molar-refractivity contribution in [2.75, 3.05) is 12.4 Å². The van der Waals surface area contributed by atoms with Crippen LogP contribution in [0.1, 0.15) is 12.8 Å². The van der Waals surface area contributed by atoms with Crippen LogP contribution in [0.15, 0.2) is 5.03 Å². The van der Waals surface area contributed by atoms with Crippen LogP contribution in [0.5, 0.6) is 0 Å². The van der Waals surface area contributed by atoms with Gasteiger partial charge in [0, 0.05) is 6.04 Å². The lowest BCUT2D eigenvalue weighted by molar-refractivity contribution is 0.488. The van der Waals surface area contributed by atoms with Crippen LogP contribution >= 0.6 is 23.6 Å². The second kappa shape index (κ2) is 4.32. The van der Waals surface area contributed by atoms with Crippen LogP contribution in [-0.4, -0.2) is 33.3 Å². The first-order chi connectivity index (χ1) is 8.28. The van der Waals surface area contributed by atoms with Gasteiger partial charge in [0.15, 0.2) is 10.7 Å². The lowest BCUT2D eigenvalue weighted by Crippen LogP contribution is -2.04. The number of aromatic nitrogens is 4. The van der Waals surface area contributed by atoms with Gasteiger partial charge in [0.05, 0.1) is 24.5 Å². The molecule has 0 aliphatic heterocycles. The average molecular weight is 272 g/mol. The quantitative estimate of drug-likeness (QED) is 0.656. The Labute approximate surface area is 107 Å². The lowest BCUT2D eigenvalue weighted by Gasteiger charge is -2.05. The van der Waals surface area contributed by atoms with Crippen molar-refractivity contribution in [2.45, 2.75) is 23.9 Å². The van der Waals surface area contributed by atoms with E-state index < -0.39 is 0 Å². The number of anilines is 1. The van der Waals surface area contributed by atoms with Gasteiger partial charge in [-0.25, -0.2) is 0 Å². The molecule has 8 heteroatoms.